The van der Waals surface area contributed by atoms with Crippen molar-refractivity contribution in [2.24, 2.45) is 5.92 Å². The summed E-state index contributed by atoms with van der Waals surface area (Å²) in [5.74, 6) is -0.623. The molecule has 0 saturated carbocycles. The van der Waals surface area contributed by atoms with Gasteiger partial charge in [-0.2, -0.15) is 8.78 Å². The molecule has 0 bridgehead atoms. The monoisotopic (exact) mass is 301 g/mol. The lowest BCUT2D eigenvalue weighted by molar-refractivity contribution is -0.140. The molecular formula is C15H21F2NO3. The van der Waals surface area contributed by atoms with Gasteiger partial charge in [0, 0.05) is 6.04 Å². The Morgan fingerprint density at radius 2 is 2.00 bits per heavy atom. The molecule has 4 nitrogen and oxygen atoms in total. The summed E-state index contributed by atoms with van der Waals surface area (Å²) in [6, 6.07) is 5.29. The first-order valence-electron chi connectivity index (χ1n) is 6.83. The molecule has 0 saturated heterocycles. The zero-order valence-electron chi connectivity index (χ0n) is 12.3. The van der Waals surface area contributed by atoms with Crippen molar-refractivity contribution in [2.75, 3.05) is 0 Å². The fourth-order valence-corrected chi connectivity index (χ4v) is 2.07. The van der Waals surface area contributed by atoms with Crippen LogP contribution in [-0.2, 0) is 4.79 Å². The molecule has 0 aliphatic rings. The van der Waals surface area contributed by atoms with Gasteiger partial charge >= 0.3 is 12.6 Å². The minimum absolute atomic E-state index is 0.0619. The van der Waals surface area contributed by atoms with Crippen LogP contribution in [-0.4, -0.2) is 23.7 Å². The first kappa shape index (κ1) is 17.4. The predicted molar refractivity (Wildman–Crippen MR) is 75.5 cm³/mol. The van der Waals surface area contributed by atoms with Gasteiger partial charge in [0.1, 0.15) is 11.8 Å². The Balaban J connectivity index is 2.77. The van der Waals surface area contributed by atoms with Crippen molar-refractivity contribution in [3.05, 3.63) is 29.8 Å². The second kappa shape index (κ2) is 7.93. The van der Waals surface area contributed by atoms with Crippen LogP contribution in [0.15, 0.2) is 24.3 Å². The van der Waals surface area contributed by atoms with E-state index < -0.39 is 18.6 Å². The lowest BCUT2D eigenvalue weighted by Gasteiger charge is -2.22. The second-order valence-corrected chi connectivity index (χ2v) is 5.36. The third-order valence-corrected chi connectivity index (χ3v) is 3.04. The molecule has 6 heteroatoms. The van der Waals surface area contributed by atoms with Crippen LogP contribution in [0, 0.1) is 5.92 Å². The summed E-state index contributed by atoms with van der Waals surface area (Å²) in [4.78, 5) is 11.2. The molecule has 1 aromatic rings. The summed E-state index contributed by atoms with van der Waals surface area (Å²) in [5.41, 5.74) is 0.697. The summed E-state index contributed by atoms with van der Waals surface area (Å²) in [6.07, 6.45) is 0.493. The molecule has 0 radical (unpaired) electrons. The molecule has 0 aliphatic carbocycles. The second-order valence-electron chi connectivity index (χ2n) is 5.36. The number of nitrogens with one attached hydrogen (secondary N) is 1. The van der Waals surface area contributed by atoms with E-state index in [1.807, 2.05) is 13.8 Å². The van der Waals surface area contributed by atoms with Gasteiger partial charge in [-0.15, -0.1) is 0 Å². The summed E-state index contributed by atoms with van der Waals surface area (Å²) in [5, 5.41) is 12.2. The minimum Gasteiger partial charge on any atom is -0.480 e. The third kappa shape index (κ3) is 6.08. The summed E-state index contributed by atoms with van der Waals surface area (Å²) in [6.45, 7) is 2.80. The van der Waals surface area contributed by atoms with Crippen LogP contribution in [0.4, 0.5) is 8.78 Å². The van der Waals surface area contributed by atoms with Crippen molar-refractivity contribution < 1.29 is 23.4 Å². The van der Waals surface area contributed by atoms with Crippen LogP contribution >= 0.6 is 0 Å². The number of hydrogen-bond donors (Lipinski definition) is 2. The van der Waals surface area contributed by atoms with Gasteiger partial charge in [-0.25, -0.2) is 0 Å². The molecule has 0 spiro atoms. The van der Waals surface area contributed by atoms with Crippen molar-refractivity contribution in [1.29, 1.82) is 0 Å². The van der Waals surface area contributed by atoms with Gasteiger partial charge in [0.05, 0.1) is 0 Å². The van der Waals surface area contributed by atoms with Crippen LogP contribution in [0.5, 0.6) is 5.75 Å². The number of carboxylic acids is 1. The highest BCUT2D eigenvalue weighted by atomic mass is 19.3. The molecule has 0 aliphatic heterocycles. The number of halogens is 2. The Bertz CT molecular complexity index is 466. The molecule has 2 N–H and O–H groups in total. The number of rotatable bonds is 8. The van der Waals surface area contributed by atoms with E-state index in [1.165, 1.54) is 12.1 Å². The van der Waals surface area contributed by atoms with E-state index in [1.54, 1.807) is 19.1 Å². The molecule has 2 unspecified atom stereocenters. The molecular weight excluding hydrogens is 280 g/mol. The molecule has 0 aromatic heterocycles. The molecule has 21 heavy (non-hydrogen) atoms. The summed E-state index contributed by atoms with van der Waals surface area (Å²) in [7, 11) is 0. The van der Waals surface area contributed by atoms with E-state index in [9.17, 15) is 18.7 Å². The Morgan fingerprint density at radius 1 is 1.33 bits per heavy atom. The van der Waals surface area contributed by atoms with E-state index in [-0.39, 0.29) is 17.7 Å². The van der Waals surface area contributed by atoms with Gasteiger partial charge in [-0.05, 0) is 37.0 Å². The zero-order chi connectivity index (χ0) is 16.0. The van der Waals surface area contributed by atoms with Crippen LogP contribution in [0.2, 0.25) is 0 Å². The average Bonchev–Trinajstić information content (AvgIpc) is 2.36. The van der Waals surface area contributed by atoms with E-state index in [4.69, 9.17) is 0 Å². The fraction of sp³-hybridized carbons (Fsp3) is 0.533. The van der Waals surface area contributed by atoms with Gasteiger partial charge in [-0.1, -0.05) is 26.0 Å². The highest BCUT2D eigenvalue weighted by Crippen LogP contribution is 2.21. The predicted octanol–water partition coefficient (Wildman–Crippen LogP) is 3.44. The van der Waals surface area contributed by atoms with Gasteiger partial charge in [0.2, 0.25) is 0 Å². The third-order valence-electron chi connectivity index (χ3n) is 3.04. The normalized spacial score (nSPS) is 14.2. The number of ether oxygens (including phenoxy) is 1. The Hall–Kier alpha value is -1.69. The lowest BCUT2D eigenvalue weighted by atomic mass is 10.0. The fourth-order valence-electron chi connectivity index (χ4n) is 2.07. The van der Waals surface area contributed by atoms with E-state index in [0.29, 0.717) is 12.0 Å². The average molecular weight is 301 g/mol. The van der Waals surface area contributed by atoms with Crippen LogP contribution in [0.1, 0.15) is 38.8 Å². The SMILES string of the molecule is CC(C)CC(NC(C)c1cccc(OC(F)F)c1)C(=O)O. The van der Waals surface area contributed by atoms with E-state index in [2.05, 4.69) is 10.1 Å². The Kier molecular flexibility index (Phi) is 6.55. The Morgan fingerprint density at radius 3 is 2.52 bits per heavy atom. The number of aliphatic carboxylic acids is 1. The number of carboxylic acid groups (broad SMARTS) is 1. The molecule has 2 atom stereocenters. The van der Waals surface area contributed by atoms with Crippen molar-refractivity contribution in [1.82, 2.24) is 5.32 Å². The van der Waals surface area contributed by atoms with Gasteiger partial charge in [-0.3, -0.25) is 10.1 Å². The summed E-state index contributed by atoms with van der Waals surface area (Å²) >= 11 is 0. The highest BCUT2D eigenvalue weighted by molar-refractivity contribution is 5.73. The number of benzene rings is 1. The minimum atomic E-state index is -2.88. The first-order valence-corrected chi connectivity index (χ1v) is 6.83. The topological polar surface area (TPSA) is 58.6 Å². The maximum absolute atomic E-state index is 12.2. The molecule has 0 heterocycles. The van der Waals surface area contributed by atoms with Gasteiger partial charge in [0.15, 0.2) is 0 Å². The van der Waals surface area contributed by atoms with Crippen molar-refractivity contribution in [3.8, 4) is 5.75 Å². The lowest BCUT2D eigenvalue weighted by Crippen LogP contribution is -2.39. The van der Waals surface area contributed by atoms with Crippen molar-refractivity contribution in [2.45, 2.75) is 45.9 Å². The first-order chi connectivity index (χ1) is 9.79. The zero-order valence-corrected chi connectivity index (χ0v) is 12.3. The molecule has 1 rings (SSSR count). The maximum Gasteiger partial charge on any atom is 0.387 e. The maximum atomic E-state index is 12.2. The number of carbonyl (C=O) groups is 1. The van der Waals surface area contributed by atoms with E-state index in [0.717, 1.165) is 0 Å². The Labute approximate surface area is 123 Å². The summed E-state index contributed by atoms with van der Waals surface area (Å²) < 4.78 is 28.7. The van der Waals surface area contributed by atoms with Crippen LogP contribution in [0.25, 0.3) is 0 Å². The quantitative estimate of drug-likeness (QED) is 0.772. The van der Waals surface area contributed by atoms with Crippen LogP contribution in [0.3, 0.4) is 0 Å². The smallest absolute Gasteiger partial charge is 0.387 e. The number of hydrogen-bond acceptors (Lipinski definition) is 3. The van der Waals surface area contributed by atoms with Crippen molar-refractivity contribution >= 4 is 5.97 Å². The molecule has 0 fully saturated rings. The molecule has 118 valence electrons. The molecule has 0 amide bonds. The highest BCUT2D eigenvalue weighted by Gasteiger charge is 2.21. The largest absolute Gasteiger partial charge is 0.480 e. The van der Waals surface area contributed by atoms with Gasteiger partial charge in [0.25, 0.3) is 0 Å². The van der Waals surface area contributed by atoms with Crippen molar-refractivity contribution in [3.63, 3.8) is 0 Å². The number of alkyl halides is 2. The van der Waals surface area contributed by atoms with Crippen LogP contribution < -0.4 is 10.1 Å². The van der Waals surface area contributed by atoms with E-state index >= 15 is 0 Å². The standard InChI is InChI=1S/C15H21F2NO3/c1-9(2)7-13(14(19)20)18-10(3)11-5-4-6-12(8-11)21-15(16)17/h4-6,8-10,13,15,18H,7H2,1-3H3,(H,19,20). The van der Waals surface area contributed by atoms with Gasteiger partial charge < -0.3 is 9.84 Å². The molecule has 1 aromatic carbocycles.